The molecule has 0 unspecified atom stereocenters. The minimum atomic E-state index is -3.73. The molecule has 6 nitrogen and oxygen atoms in total. The van der Waals surface area contributed by atoms with E-state index in [4.69, 9.17) is 5.14 Å². The first-order chi connectivity index (χ1) is 9.86. The maximum Gasteiger partial charge on any atom is 0.251 e. The van der Waals surface area contributed by atoms with Crippen molar-refractivity contribution < 1.29 is 17.6 Å². The Morgan fingerprint density at radius 1 is 1.24 bits per heavy atom. The quantitative estimate of drug-likeness (QED) is 0.815. The lowest BCUT2D eigenvalue weighted by molar-refractivity contribution is 0.0950. The fraction of sp³-hybridized carbons (Fsp3) is 0.0769. The smallest absolute Gasteiger partial charge is 0.251 e. The highest BCUT2D eigenvalue weighted by Crippen LogP contribution is 2.09. The van der Waals surface area contributed by atoms with Crippen LogP contribution < -0.4 is 10.5 Å². The number of rotatable bonds is 4. The van der Waals surface area contributed by atoms with E-state index in [1.807, 2.05) is 0 Å². The second-order valence-electron chi connectivity index (χ2n) is 4.24. The highest BCUT2D eigenvalue weighted by Gasteiger charge is 2.09. The molecule has 0 spiro atoms. The third-order valence-corrected chi connectivity index (χ3v) is 3.62. The molecular formula is C13H12FN3O3S. The molecule has 0 saturated carbocycles. The second-order valence-corrected chi connectivity index (χ2v) is 5.80. The largest absolute Gasteiger partial charge is 0.348 e. The average molecular weight is 309 g/mol. The number of aromatic nitrogens is 1. The summed E-state index contributed by atoms with van der Waals surface area (Å²) in [5, 5.41) is 7.57. The van der Waals surface area contributed by atoms with Crippen molar-refractivity contribution in [3.63, 3.8) is 0 Å². The van der Waals surface area contributed by atoms with Crippen LogP contribution in [0.5, 0.6) is 0 Å². The Kier molecular flexibility index (Phi) is 4.29. The SMILES string of the molecule is NS(=O)(=O)c1ccc(CNC(=O)c2ccnc(F)c2)cc1. The van der Waals surface area contributed by atoms with E-state index in [1.54, 1.807) is 0 Å². The molecule has 0 radical (unpaired) electrons. The van der Waals surface area contributed by atoms with E-state index in [0.29, 0.717) is 5.56 Å². The number of sulfonamides is 1. The molecule has 1 heterocycles. The van der Waals surface area contributed by atoms with E-state index in [0.717, 1.165) is 6.07 Å². The first-order valence-electron chi connectivity index (χ1n) is 5.88. The van der Waals surface area contributed by atoms with Crippen LogP contribution in [0.3, 0.4) is 0 Å². The lowest BCUT2D eigenvalue weighted by Crippen LogP contribution is -2.23. The van der Waals surface area contributed by atoms with Crippen molar-refractivity contribution in [3.05, 3.63) is 59.7 Å². The number of primary sulfonamides is 1. The van der Waals surface area contributed by atoms with Crippen LogP contribution in [0.2, 0.25) is 0 Å². The van der Waals surface area contributed by atoms with Gasteiger partial charge in [-0.15, -0.1) is 0 Å². The zero-order valence-electron chi connectivity index (χ0n) is 10.8. The zero-order valence-corrected chi connectivity index (χ0v) is 11.6. The Bertz CT molecular complexity index is 760. The summed E-state index contributed by atoms with van der Waals surface area (Å²) in [6.45, 7) is 0.174. The molecule has 0 aliphatic rings. The first-order valence-corrected chi connectivity index (χ1v) is 7.42. The third-order valence-electron chi connectivity index (χ3n) is 2.69. The Morgan fingerprint density at radius 2 is 1.90 bits per heavy atom. The van der Waals surface area contributed by atoms with Gasteiger partial charge in [-0.05, 0) is 23.8 Å². The van der Waals surface area contributed by atoms with Crippen LogP contribution in [-0.2, 0) is 16.6 Å². The summed E-state index contributed by atoms with van der Waals surface area (Å²) in [7, 11) is -3.73. The molecule has 8 heteroatoms. The van der Waals surface area contributed by atoms with E-state index in [2.05, 4.69) is 10.3 Å². The molecule has 0 bridgehead atoms. The number of benzene rings is 1. The highest BCUT2D eigenvalue weighted by atomic mass is 32.2. The molecule has 3 N–H and O–H groups in total. The van der Waals surface area contributed by atoms with Crippen molar-refractivity contribution in [2.45, 2.75) is 11.4 Å². The fourth-order valence-electron chi connectivity index (χ4n) is 1.63. The van der Waals surface area contributed by atoms with Gasteiger partial charge in [-0.3, -0.25) is 4.79 Å². The van der Waals surface area contributed by atoms with Crippen LogP contribution in [0.25, 0.3) is 0 Å². The van der Waals surface area contributed by atoms with Crippen LogP contribution in [0.15, 0.2) is 47.5 Å². The predicted molar refractivity (Wildman–Crippen MR) is 73.2 cm³/mol. The predicted octanol–water partition coefficient (Wildman–Crippen LogP) is 0.798. The zero-order chi connectivity index (χ0) is 15.5. The maximum absolute atomic E-state index is 12.9. The first kappa shape index (κ1) is 15.1. The van der Waals surface area contributed by atoms with Gasteiger partial charge < -0.3 is 5.32 Å². The van der Waals surface area contributed by atoms with Gasteiger partial charge in [0.25, 0.3) is 5.91 Å². The molecule has 0 aliphatic heterocycles. The van der Waals surface area contributed by atoms with E-state index in [1.165, 1.54) is 36.5 Å². The van der Waals surface area contributed by atoms with Crippen molar-refractivity contribution in [1.29, 1.82) is 0 Å². The Labute approximate surface area is 120 Å². The summed E-state index contributed by atoms with van der Waals surface area (Å²) in [5.74, 6) is -1.19. The number of nitrogens with one attached hydrogen (secondary N) is 1. The van der Waals surface area contributed by atoms with Gasteiger partial charge in [0.05, 0.1) is 4.90 Å². The topological polar surface area (TPSA) is 102 Å². The molecule has 1 aromatic heterocycles. The number of pyridine rings is 1. The lowest BCUT2D eigenvalue weighted by Gasteiger charge is -2.06. The van der Waals surface area contributed by atoms with Crippen LogP contribution >= 0.6 is 0 Å². The molecule has 1 aromatic carbocycles. The van der Waals surface area contributed by atoms with Gasteiger partial charge in [0.15, 0.2) is 0 Å². The number of hydrogen-bond acceptors (Lipinski definition) is 4. The van der Waals surface area contributed by atoms with Crippen molar-refractivity contribution in [3.8, 4) is 0 Å². The number of halogens is 1. The number of nitrogens with zero attached hydrogens (tertiary/aromatic N) is 1. The average Bonchev–Trinajstić information content (AvgIpc) is 2.44. The van der Waals surface area contributed by atoms with Crippen LogP contribution in [0.4, 0.5) is 4.39 Å². The molecule has 1 amide bonds. The maximum atomic E-state index is 12.9. The summed E-state index contributed by atoms with van der Waals surface area (Å²) in [6, 6.07) is 8.19. The number of carbonyl (C=O) groups is 1. The number of nitrogens with two attached hydrogens (primary N) is 1. The van der Waals surface area contributed by atoms with Gasteiger partial charge in [-0.1, -0.05) is 12.1 Å². The molecular weight excluding hydrogens is 297 g/mol. The van der Waals surface area contributed by atoms with Gasteiger partial charge in [-0.25, -0.2) is 18.5 Å². The fourth-order valence-corrected chi connectivity index (χ4v) is 2.14. The Balaban J connectivity index is 2.02. The van der Waals surface area contributed by atoms with Crippen LogP contribution in [-0.4, -0.2) is 19.3 Å². The minimum absolute atomic E-state index is 0.00576. The van der Waals surface area contributed by atoms with Crippen molar-refractivity contribution in [2.75, 3.05) is 0 Å². The molecule has 110 valence electrons. The number of carbonyl (C=O) groups excluding carboxylic acids is 1. The molecule has 21 heavy (non-hydrogen) atoms. The number of hydrogen-bond donors (Lipinski definition) is 2. The summed E-state index contributed by atoms with van der Waals surface area (Å²) in [5.41, 5.74) is 0.842. The lowest BCUT2D eigenvalue weighted by atomic mass is 10.2. The van der Waals surface area contributed by atoms with E-state index in [9.17, 15) is 17.6 Å². The van der Waals surface area contributed by atoms with Crippen molar-refractivity contribution in [2.24, 2.45) is 5.14 Å². The Morgan fingerprint density at radius 3 is 2.48 bits per heavy atom. The minimum Gasteiger partial charge on any atom is -0.348 e. The van der Waals surface area contributed by atoms with Crippen LogP contribution in [0, 0.1) is 5.95 Å². The van der Waals surface area contributed by atoms with E-state index >= 15 is 0 Å². The standard InChI is InChI=1S/C13H12FN3O3S/c14-12-7-10(5-6-16-12)13(18)17-8-9-1-3-11(4-2-9)21(15,19)20/h1-7H,8H2,(H,17,18)(H2,15,19,20). The molecule has 0 saturated heterocycles. The molecule has 0 aliphatic carbocycles. The van der Waals surface area contributed by atoms with Gasteiger partial charge in [-0.2, -0.15) is 4.39 Å². The summed E-state index contributed by atoms with van der Waals surface area (Å²) < 4.78 is 35.1. The summed E-state index contributed by atoms with van der Waals surface area (Å²) in [6.07, 6.45) is 1.20. The molecule has 2 rings (SSSR count). The van der Waals surface area contributed by atoms with Gasteiger partial charge in [0.2, 0.25) is 16.0 Å². The third kappa shape index (κ3) is 4.07. The molecule has 0 atom stereocenters. The van der Waals surface area contributed by atoms with Gasteiger partial charge in [0, 0.05) is 24.4 Å². The summed E-state index contributed by atoms with van der Waals surface area (Å²) in [4.78, 5) is 15.1. The van der Waals surface area contributed by atoms with Crippen molar-refractivity contribution >= 4 is 15.9 Å². The van der Waals surface area contributed by atoms with Crippen LogP contribution in [0.1, 0.15) is 15.9 Å². The van der Waals surface area contributed by atoms with Crippen molar-refractivity contribution in [1.82, 2.24) is 10.3 Å². The van der Waals surface area contributed by atoms with Gasteiger partial charge in [0.1, 0.15) is 0 Å². The molecule has 2 aromatic rings. The normalized spacial score (nSPS) is 11.1. The second kappa shape index (κ2) is 5.98. The number of amides is 1. The summed E-state index contributed by atoms with van der Waals surface area (Å²) >= 11 is 0. The van der Waals surface area contributed by atoms with E-state index in [-0.39, 0.29) is 17.0 Å². The van der Waals surface area contributed by atoms with Gasteiger partial charge >= 0.3 is 0 Å². The van der Waals surface area contributed by atoms with E-state index < -0.39 is 21.9 Å². The molecule has 0 fully saturated rings. The monoisotopic (exact) mass is 309 g/mol. The highest BCUT2D eigenvalue weighted by molar-refractivity contribution is 7.89. The Hall–Kier alpha value is -2.32.